The van der Waals surface area contributed by atoms with Crippen LogP contribution in [0, 0.1) is 22.2 Å². The Labute approximate surface area is 125 Å². The molecule has 0 amide bonds. The maximum atomic E-state index is 13.0. The van der Waals surface area contributed by atoms with Crippen molar-refractivity contribution in [3.8, 4) is 0 Å². The molecule has 0 radical (unpaired) electrons. The Morgan fingerprint density at radius 3 is 2.38 bits per heavy atom. The molecule has 5 nitrogen and oxygen atoms in total. The van der Waals surface area contributed by atoms with E-state index in [1.807, 2.05) is 0 Å². The second kappa shape index (κ2) is 3.93. The minimum atomic E-state index is -0.109. The first kappa shape index (κ1) is 13.4. The van der Waals surface area contributed by atoms with E-state index in [0.29, 0.717) is 28.9 Å². The van der Waals surface area contributed by atoms with Gasteiger partial charge in [-0.25, -0.2) is 0 Å². The molecule has 0 aromatic carbocycles. The highest BCUT2D eigenvalue weighted by Gasteiger charge is 2.62. The van der Waals surface area contributed by atoms with Crippen molar-refractivity contribution in [2.24, 2.45) is 29.2 Å². The fourth-order valence-corrected chi connectivity index (χ4v) is 6.48. The van der Waals surface area contributed by atoms with Crippen molar-refractivity contribution in [3.05, 3.63) is 5.82 Å². The molecule has 4 aliphatic rings. The van der Waals surface area contributed by atoms with Crippen LogP contribution in [-0.2, 0) is 18.3 Å². The summed E-state index contributed by atoms with van der Waals surface area (Å²) < 4.78 is 0. The molecule has 21 heavy (non-hydrogen) atoms. The van der Waals surface area contributed by atoms with E-state index in [4.69, 9.17) is 0 Å². The Hall–Kier alpha value is -1.26. The average Bonchev–Trinajstić information content (AvgIpc) is 2.69. The number of carbonyl (C=O) groups excluding carboxylic acids is 1. The lowest BCUT2D eigenvalue weighted by Crippen LogP contribution is -2.57. The van der Waals surface area contributed by atoms with E-state index in [9.17, 15) is 4.79 Å². The van der Waals surface area contributed by atoms with Crippen LogP contribution in [0.4, 0.5) is 0 Å². The van der Waals surface area contributed by atoms with Gasteiger partial charge in [0.25, 0.3) is 0 Å². The largest absolute Gasteiger partial charge is 0.299 e. The number of rotatable bonds is 3. The first-order valence-corrected chi connectivity index (χ1v) is 8.06. The molecule has 2 unspecified atom stereocenters. The minimum absolute atomic E-state index is 0.109. The van der Waals surface area contributed by atoms with Crippen LogP contribution in [0.5, 0.6) is 0 Å². The van der Waals surface area contributed by atoms with E-state index in [-0.39, 0.29) is 5.41 Å². The third kappa shape index (κ3) is 2.04. The van der Waals surface area contributed by atoms with Crippen molar-refractivity contribution in [3.63, 3.8) is 0 Å². The first-order chi connectivity index (χ1) is 9.80. The van der Waals surface area contributed by atoms with Gasteiger partial charge in [0.15, 0.2) is 5.82 Å². The number of tetrazole rings is 1. The highest BCUT2D eigenvalue weighted by molar-refractivity contribution is 5.87. The van der Waals surface area contributed by atoms with Crippen LogP contribution in [0.15, 0.2) is 0 Å². The molecule has 5 heteroatoms. The Balaban J connectivity index is 1.63. The van der Waals surface area contributed by atoms with Crippen molar-refractivity contribution in [1.29, 1.82) is 0 Å². The Morgan fingerprint density at radius 2 is 1.86 bits per heavy atom. The second-order valence-electron chi connectivity index (χ2n) is 8.71. The lowest BCUT2D eigenvalue weighted by atomic mass is 9.39. The molecule has 2 atom stereocenters. The summed E-state index contributed by atoms with van der Waals surface area (Å²) in [7, 11) is 1.74. The van der Waals surface area contributed by atoms with E-state index in [1.54, 1.807) is 7.05 Å². The Kier molecular flexibility index (Phi) is 2.51. The van der Waals surface area contributed by atoms with Crippen molar-refractivity contribution in [1.82, 2.24) is 20.2 Å². The topological polar surface area (TPSA) is 60.7 Å². The quantitative estimate of drug-likeness (QED) is 0.856. The molecular formula is C16H24N4O. The molecule has 4 fully saturated rings. The van der Waals surface area contributed by atoms with Gasteiger partial charge < -0.3 is 0 Å². The maximum Gasteiger partial charge on any atom is 0.182 e. The zero-order chi connectivity index (χ0) is 14.9. The molecule has 4 bridgehead atoms. The summed E-state index contributed by atoms with van der Waals surface area (Å²) in [5, 5.41) is 12.0. The molecule has 114 valence electrons. The van der Waals surface area contributed by atoms with Crippen LogP contribution in [0.1, 0.15) is 58.2 Å². The molecule has 1 heterocycles. The molecular weight excluding hydrogens is 264 g/mol. The van der Waals surface area contributed by atoms with Crippen molar-refractivity contribution < 1.29 is 4.79 Å². The van der Waals surface area contributed by atoms with Gasteiger partial charge in [-0.05, 0) is 60.5 Å². The number of aromatic nitrogens is 4. The molecule has 1 aromatic heterocycles. The third-order valence-electron chi connectivity index (χ3n) is 6.09. The number of carbonyl (C=O) groups is 1. The Morgan fingerprint density at radius 1 is 1.19 bits per heavy atom. The van der Waals surface area contributed by atoms with Crippen molar-refractivity contribution in [2.45, 2.75) is 58.8 Å². The number of ketones is 1. The van der Waals surface area contributed by atoms with Crippen LogP contribution in [0.25, 0.3) is 0 Å². The van der Waals surface area contributed by atoms with Crippen LogP contribution in [0.3, 0.4) is 0 Å². The summed E-state index contributed by atoms with van der Waals surface area (Å²) in [6.45, 7) is 4.80. The van der Waals surface area contributed by atoms with E-state index in [1.165, 1.54) is 24.1 Å². The van der Waals surface area contributed by atoms with Crippen LogP contribution >= 0.6 is 0 Å². The van der Waals surface area contributed by atoms with E-state index >= 15 is 0 Å². The number of Topliss-reactive ketones (excluding diaryl/α,β-unsaturated/α-hetero) is 1. The molecule has 0 saturated heterocycles. The number of hydrogen-bond donors (Lipinski definition) is 0. The van der Waals surface area contributed by atoms with Gasteiger partial charge in [-0.2, -0.15) is 4.80 Å². The van der Waals surface area contributed by atoms with Gasteiger partial charge in [0, 0.05) is 5.41 Å². The monoisotopic (exact) mass is 288 g/mol. The molecule has 0 N–H and O–H groups in total. The lowest BCUT2D eigenvalue weighted by Gasteiger charge is -2.64. The molecule has 1 aromatic rings. The van der Waals surface area contributed by atoms with Crippen molar-refractivity contribution in [2.75, 3.05) is 0 Å². The van der Waals surface area contributed by atoms with Gasteiger partial charge in [0.1, 0.15) is 5.78 Å². The third-order valence-corrected chi connectivity index (χ3v) is 6.09. The van der Waals surface area contributed by atoms with Gasteiger partial charge in [-0.1, -0.05) is 13.8 Å². The smallest absolute Gasteiger partial charge is 0.182 e. The molecule has 4 saturated carbocycles. The van der Waals surface area contributed by atoms with Gasteiger partial charge in [-0.3, -0.25) is 4.79 Å². The summed E-state index contributed by atoms with van der Waals surface area (Å²) in [6.07, 6.45) is 7.54. The predicted octanol–water partition coefficient (Wildman–Crippen LogP) is 2.32. The summed E-state index contributed by atoms with van der Waals surface area (Å²) in [4.78, 5) is 14.5. The molecule has 4 aliphatic carbocycles. The van der Waals surface area contributed by atoms with Crippen molar-refractivity contribution >= 4 is 5.78 Å². The standard InChI is InChI=1S/C16H24N4O/c1-14-5-11-6-15(2,8-14)10-16(7-11,9-14)12(21)4-13-17-19-20(3)18-13/h11H,4-10H2,1-3H3. The fraction of sp³-hybridized carbons (Fsp3) is 0.875. The molecule has 5 rings (SSSR count). The lowest BCUT2D eigenvalue weighted by molar-refractivity contribution is -0.167. The van der Waals surface area contributed by atoms with Gasteiger partial charge >= 0.3 is 0 Å². The van der Waals surface area contributed by atoms with Gasteiger partial charge in [0.05, 0.1) is 13.5 Å². The highest BCUT2D eigenvalue weighted by Crippen LogP contribution is 2.69. The highest BCUT2D eigenvalue weighted by atomic mass is 16.1. The van der Waals surface area contributed by atoms with Crippen LogP contribution < -0.4 is 0 Å². The SMILES string of the molecule is Cn1nnc(CC(=O)C23CC4CC(C)(CC(C)(C4)C2)C3)n1. The number of hydrogen-bond acceptors (Lipinski definition) is 4. The summed E-state index contributed by atoms with van der Waals surface area (Å²) in [5.74, 6) is 1.68. The second-order valence-corrected chi connectivity index (χ2v) is 8.71. The van der Waals surface area contributed by atoms with Crippen LogP contribution in [-0.4, -0.2) is 26.0 Å². The summed E-state index contributed by atoms with van der Waals surface area (Å²) >= 11 is 0. The number of aryl methyl sites for hydroxylation is 1. The normalized spacial score (nSPS) is 44.2. The summed E-state index contributed by atoms with van der Waals surface area (Å²) in [6, 6.07) is 0. The van der Waals surface area contributed by atoms with E-state index in [0.717, 1.165) is 25.2 Å². The zero-order valence-electron chi connectivity index (χ0n) is 13.2. The Bertz CT molecular complexity index is 589. The fourth-order valence-electron chi connectivity index (χ4n) is 6.48. The van der Waals surface area contributed by atoms with E-state index in [2.05, 4.69) is 29.3 Å². The average molecular weight is 288 g/mol. The molecule has 0 aliphatic heterocycles. The maximum absolute atomic E-state index is 13.0. The van der Waals surface area contributed by atoms with Crippen LogP contribution in [0.2, 0.25) is 0 Å². The zero-order valence-corrected chi connectivity index (χ0v) is 13.2. The first-order valence-electron chi connectivity index (χ1n) is 8.06. The van der Waals surface area contributed by atoms with Gasteiger partial charge in [-0.15, -0.1) is 10.2 Å². The summed E-state index contributed by atoms with van der Waals surface area (Å²) in [5.41, 5.74) is 0.640. The van der Waals surface area contributed by atoms with Gasteiger partial charge in [0.2, 0.25) is 0 Å². The predicted molar refractivity (Wildman–Crippen MR) is 77.3 cm³/mol. The molecule has 0 spiro atoms. The minimum Gasteiger partial charge on any atom is -0.299 e. The number of nitrogens with zero attached hydrogens (tertiary/aromatic N) is 4. The van der Waals surface area contributed by atoms with E-state index < -0.39 is 0 Å².